The molecular formula is C20H34ClNO2S. The van der Waals surface area contributed by atoms with E-state index in [0.717, 1.165) is 12.2 Å². The van der Waals surface area contributed by atoms with Crippen molar-refractivity contribution >= 4 is 27.5 Å². The molecule has 25 heavy (non-hydrogen) atoms. The van der Waals surface area contributed by atoms with Crippen molar-refractivity contribution in [3.63, 3.8) is 0 Å². The number of para-hydroxylation sites is 1. The SMILES string of the molecule is CC(C)(C)CC(C)(C)NC(=O)c1cccc(Cl)c1OCCS(C)(C)C. The smallest absolute Gasteiger partial charge is 0.255 e. The Hall–Kier alpha value is -0.870. The van der Waals surface area contributed by atoms with Gasteiger partial charge in [0.05, 0.1) is 17.2 Å². The fourth-order valence-corrected chi connectivity index (χ4v) is 3.79. The van der Waals surface area contributed by atoms with Gasteiger partial charge in [-0.15, -0.1) is 0 Å². The quantitative estimate of drug-likeness (QED) is 0.684. The van der Waals surface area contributed by atoms with E-state index < -0.39 is 10.0 Å². The van der Waals surface area contributed by atoms with Crippen molar-refractivity contribution in [2.24, 2.45) is 5.41 Å². The lowest BCUT2D eigenvalue weighted by atomic mass is 9.81. The summed E-state index contributed by atoms with van der Waals surface area (Å²) in [6.07, 6.45) is 7.60. The van der Waals surface area contributed by atoms with Crippen LogP contribution in [0.25, 0.3) is 0 Å². The van der Waals surface area contributed by atoms with Crippen LogP contribution in [0, 0.1) is 5.41 Å². The number of carbonyl (C=O) groups is 1. The summed E-state index contributed by atoms with van der Waals surface area (Å²) in [6.45, 7) is 11.2. The number of hydrogen-bond donors (Lipinski definition) is 1. The standard InChI is InChI=1S/C20H34ClNO2S/c1-19(2,3)14-20(4,5)22-18(23)15-10-9-11-16(21)17(15)24-12-13-25(6,7)8/h9-11H,12-14H2,1-8H3,(H,22,23). The molecule has 1 aromatic rings. The largest absolute Gasteiger partial charge is 0.490 e. The molecule has 0 aliphatic rings. The number of benzene rings is 1. The van der Waals surface area contributed by atoms with Gasteiger partial charge in [0, 0.05) is 11.3 Å². The molecule has 0 aromatic heterocycles. The van der Waals surface area contributed by atoms with Gasteiger partial charge in [-0.2, -0.15) is 0 Å². The first kappa shape index (κ1) is 22.2. The third-order valence-electron chi connectivity index (χ3n) is 3.58. The van der Waals surface area contributed by atoms with Crippen LogP contribution in [-0.4, -0.2) is 42.6 Å². The summed E-state index contributed by atoms with van der Waals surface area (Å²) in [5.74, 6) is 1.31. The van der Waals surface area contributed by atoms with E-state index in [1.165, 1.54) is 0 Å². The summed E-state index contributed by atoms with van der Waals surface area (Å²) >= 11 is 6.30. The zero-order chi connectivity index (χ0) is 19.5. The van der Waals surface area contributed by atoms with E-state index in [0.29, 0.717) is 22.9 Å². The number of ether oxygens (including phenoxy) is 1. The van der Waals surface area contributed by atoms with Gasteiger partial charge < -0.3 is 10.1 Å². The van der Waals surface area contributed by atoms with Gasteiger partial charge in [0.25, 0.3) is 5.91 Å². The fraction of sp³-hybridized carbons (Fsp3) is 0.650. The van der Waals surface area contributed by atoms with Gasteiger partial charge in [-0.05, 0) is 56.6 Å². The molecule has 1 rings (SSSR count). The van der Waals surface area contributed by atoms with E-state index in [-0.39, 0.29) is 16.9 Å². The van der Waals surface area contributed by atoms with Crippen LogP contribution < -0.4 is 10.1 Å². The fourth-order valence-electron chi connectivity index (χ4n) is 2.97. The van der Waals surface area contributed by atoms with Crippen LogP contribution in [0.5, 0.6) is 5.75 Å². The normalized spacial score (nSPS) is 13.5. The Morgan fingerprint density at radius 3 is 2.28 bits per heavy atom. The third-order valence-corrected chi connectivity index (χ3v) is 5.27. The number of halogens is 1. The number of rotatable bonds is 7. The Morgan fingerprint density at radius 1 is 1.16 bits per heavy atom. The molecular weight excluding hydrogens is 354 g/mol. The van der Waals surface area contributed by atoms with Crippen molar-refractivity contribution in [1.29, 1.82) is 0 Å². The highest BCUT2D eigenvalue weighted by atomic mass is 35.5. The molecule has 0 heterocycles. The molecule has 1 aromatic carbocycles. The molecule has 3 nitrogen and oxygen atoms in total. The minimum Gasteiger partial charge on any atom is -0.490 e. The predicted molar refractivity (Wildman–Crippen MR) is 113 cm³/mol. The first-order chi connectivity index (χ1) is 11.2. The summed E-state index contributed by atoms with van der Waals surface area (Å²) in [5, 5.41) is 3.61. The molecule has 1 amide bonds. The van der Waals surface area contributed by atoms with Gasteiger partial charge in [-0.3, -0.25) is 4.79 Å². The van der Waals surface area contributed by atoms with E-state index in [9.17, 15) is 4.79 Å². The summed E-state index contributed by atoms with van der Waals surface area (Å²) < 4.78 is 5.91. The van der Waals surface area contributed by atoms with Crippen LogP contribution in [0.4, 0.5) is 0 Å². The number of hydrogen-bond acceptors (Lipinski definition) is 2. The van der Waals surface area contributed by atoms with E-state index in [1.807, 2.05) is 13.8 Å². The lowest BCUT2D eigenvalue weighted by Crippen LogP contribution is -2.45. The van der Waals surface area contributed by atoms with Crippen LogP contribution in [0.1, 0.15) is 51.4 Å². The summed E-state index contributed by atoms with van der Waals surface area (Å²) in [5.41, 5.74) is 0.308. The van der Waals surface area contributed by atoms with Crippen molar-refractivity contribution in [1.82, 2.24) is 5.32 Å². The number of nitrogens with one attached hydrogen (secondary N) is 1. The van der Waals surface area contributed by atoms with E-state index in [4.69, 9.17) is 16.3 Å². The van der Waals surface area contributed by atoms with Crippen molar-refractivity contribution in [2.75, 3.05) is 31.1 Å². The summed E-state index contributed by atoms with van der Waals surface area (Å²) in [4.78, 5) is 12.8. The highest BCUT2D eigenvalue weighted by molar-refractivity contribution is 8.32. The molecule has 0 aliphatic carbocycles. The maximum Gasteiger partial charge on any atom is 0.255 e. The second-order valence-corrected chi connectivity index (χ2v) is 14.3. The maximum atomic E-state index is 12.8. The second-order valence-electron chi connectivity index (χ2n) is 9.34. The van der Waals surface area contributed by atoms with Crippen molar-refractivity contribution in [3.05, 3.63) is 28.8 Å². The van der Waals surface area contributed by atoms with Crippen molar-refractivity contribution < 1.29 is 9.53 Å². The Labute approximate surface area is 160 Å². The predicted octanol–water partition coefficient (Wildman–Crippen LogP) is 5.36. The Balaban J connectivity index is 2.93. The van der Waals surface area contributed by atoms with Crippen molar-refractivity contribution in [3.8, 4) is 5.75 Å². The topological polar surface area (TPSA) is 38.3 Å². The Bertz CT molecular complexity index is 601. The van der Waals surface area contributed by atoms with Gasteiger partial charge in [0.15, 0.2) is 5.75 Å². The average molecular weight is 388 g/mol. The first-order valence-corrected chi connectivity index (χ1v) is 12.0. The Kier molecular flexibility index (Phi) is 7.29. The molecule has 1 N–H and O–H groups in total. The van der Waals surface area contributed by atoms with Gasteiger partial charge in [-0.25, -0.2) is 10.0 Å². The third kappa shape index (κ3) is 8.37. The monoisotopic (exact) mass is 387 g/mol. The van der Waals surface area contributed by atoms with E-state index >= 15 is 0 Å². The molecule has 0 fully saturated rings. The Morgan fingerprint density at radius 2 is 1.76 bits per heavy atom. The lowest BCUT2D eigenvalue weighted by Gasteiger charge is -2.33. The number of amides is 1. The lowest BCUT2D eigenvalue weighted by molar-refractivity contribution is 0.0887. The summed E-state index contributed by atoms with van der Waals surface area (Å²) in [7, 11) is -0.658. The maximum absolute atomic E-state index is 12.8. The molecule has 0 unspecified atom stereocenters. The van der Waals surface area contributed by atoms with Gasteiger partial charge in [-0.1, -0.05) is 38.4 Å². The zero-order valence-corrected chi connectivity index (χ0v) is 18.5. The summed E-state index contributed by atoms with van der Waals surface area (Å²) in [6, 6.07) is 5.32. The molecule has 0 aliphatic heterocycles. The van der Waals surface area contributed by atoms with Gasteiger partial charge in [0.2, 0.25) is 0 Å². The van der Waals surface area contributed by atoms with Crippen LogP contribution in [0.3, 0.4) is 0 Å². The van der Waals surface area contributed by atoms with Crippen LogP contribution in [0.2, 0.25) is 5.02 Å². The molecule has 0 bridgehead atoms. The number of carbonyl (C=O) groups excluding carboxylic acids is 1. The van der Waals surface area contributed by atoms with Crippen molar-refractivity contribution in [2.45, 2.75) is 46.6 Å². The highest BCUT2D eigenvalue weighted by Gasteiger charge is 2.28. The zero-order valence-electron chi connectivity index (χ0n) is 17.0. The molecule has 0 radical (unpaired) electrons. The van der Waals surface area contributed by atoms with E-state index in [2.05, 4.69) is 44.9 Å². The van der Waals surface area contributed by atoms with Gasteiger partial charge in [0.1, 0.15) is 0 Å². The van der Waals surface area contributed by atoms with Crippen LogP contribution in [-0.2, 0) is 0 Å². The first-order valence-electron chi connectivity index (χ1n) is 8.60. The molecule has 0 atom stereocenters. The molecule has 144 valence electrons. The molecule has 0 saturated heterocycles. The molecule has 0 spiro atoms. The molecule has 5 heteroatoms. The minimum absolute atomic E-state index is 0.125. The van der Waals surface area contributed by atoms with Crippen LogP contribution >= 0.6 is 21.6 Å². The highest BCUT2D eigenvalue weighted by Crippen LogP contribution is 2.35. The van der Waals surface area contributed by atoms with Gasteiger partial charge >= 0.3 is 0 Å². The minimum atomic E-state index is -0.658. The van der Waals surface area contributed by atoms with E-state index in [1.54, 1.807) is 18.2 Å². The van der Waals surface area contributed by atoms with Crippen LogP contribution in [0.15, 0.2) is 18.2 Å². The average Bonchev–Trinajstić information content (AvgIpc) is 2.35. The molecule has 0 saturated carbocycles. The second kappa shape index (κ2) is 8.22.